The molecular formula is C21H23NO6. The highest BCUT2D eigenvalue weighted by molar-refractivity contribution is 5.92. The zero-order chi connectivity index (χ0) is 20.5. The Morgan fingerprint density at radius 3 is 2.07 bits per heavy atom. The number of rotatable bonds is 8. The van der Waals surface area contributed by atoms with Crippen LogP contribution in [0.5, 0.6) is 5.75 Å². The standard InChI is InChI=1S/C21H23NO6/c1-14(20(24)22-12-13-26-3)27-21(25)18-6-4-16(5-7-18)17-8-10-19(11-9-17)28-15(2)23/h4-11,14H,12-13H2,1-3H3,(H,22,24)/t14-/m1/s1. The van der Waals surface area contributed by atoms with Crippen molar-refractivity contribution in [2.24, 2.45) is 0 Å². The Morgan fingerprint density at radius 1 is 0.964 bits per heavy atom. The quantitative estimate of drug-likeness (QED) is 0.427. The molecule has 0 aromatic heterocycles. The maximum atomic E-state index is 12.2. The number of methoxy groups -OCH3 is 1. The molecule has 2 aromatic rings. The van der Waals surface area contributed by atoms with Crippen molar-refractivity contribution in [3.63, 3.8) is 0 Å². The summed E-state index contributed by atoms with van der Waals surface area (Å²) in [5.74, 6) is -0.868. The Kier molecular flexibility index (Phi) is 7.71. The lowest BCUT2D eigenvalue weighted by atomic mass is 10.0. The molecule has 0 fully saturated rings. The third-order valence-corrected chi connectivity index (χ3v) is 3.83. The highest BCUT2D eigenvalue weighted by Gasteiger charge is 2.18. The molecule has 0 saturated carbocycles. The number of hydrogen-bond acceptors (Lipinski definition) is 6. The molecule has 1 atom stereocenters. The van der Waals surface area contributed by atoms with Gasteiger partial charge in [0.15, 0.2) is 6.10 Å². The first-order valence-electron chi connectivity index (χ1n) is 8.77. The lowest BCUT2D eigenvalue weighted by Gasteiger charge is -2.13. The fourth-order valence-corrected chi connectivity index (χ4v) is 2.38. The monoisotopic (exact) mass is 385 g/mol. The van der Waals surface area contributed by atoms with Crippen LogP contribution < -0.4 is 10.1 Å². The number of hydrogen-bond donors (Lipinski definition) is 1. The largest absolute Gasteiger partial charge is 0.449 e. The summed E-state index contributed by atoms with van der Waals surface area (Å²) in [6.45, 7) is 3.59. The second-order valence-corrected chi connectivity index (χ2v) is 6.03. The number of amides is 1. The van der Waals surface area contributed by atoms with Crippen LogP contribution in [0.3, 0.4) is 0 Å². The molecular weight excluding hydrogens is 362 g/mol. The molecule has 0 radical (unpaired) electrons. The summed E-state index contributed by atoms with van der Waals surface area (Å²) in [6, 6.07) is 13.9. The van der Waals surface area contributed by atoms with Gasteiger partial charge in [0.2, 0.25) is 0 Å². The van der Waals surface area contributed by atoms with E-state index in [9.17, 15) is 14.4 Å². The average Bonchev–Trinajstić information content (AvgIpc) is 2.68. The molecule has 0 bridgehead atoms. The zero-order valence-electron chi connectivity index (χ0n) is 16.1. The summed E-state index contributed by atoms with van der Waals surface area (Å²) >= 11 is 0. The Bertz CT molecular complexity index is 814. The van der Waals surface area contributed by atoms with E-state index in [4.69, 9.17) is 14.2 Å². The van der Waals surface area contributed by atoms with Crippen molar-refractivity contribution in [1.29, 1.82) is 0 Å². The normalized spacial score (nSPS) is 11.4. The number of carbonyl (C=O) groups is 3. The third-order valence-electron chi connectivity index (χ3n) is 3.83. The molecule has 0 spiro atoms. The third kappa shape index (κ3) is 6.21. The van der Waals surface area contributed by atoms with E-state index in [1.54, 1.807) is 36.4 Å². The topological polar surface area (TPSA) is 90.9 Å². The Labute approximate surface area is 163 Å². The van der Waals surface area contributed by atoms with E-state index in [2.05, 4.69) is 5.32 Å². The van der Waals surface area contributed by atoms with Gasteiger partial charge in [-0.25, -0.2) is 4.79 Å². The summed E-state index contributed by atoms with van der Waals surface area (Å²) in [5, 5.41) is 2.61. The number of nitrogens with one attached hydrogen (secondary N) is 1. The summed E-state index contributed by atoms with van der Waals surface area (Å²) in [6.07, 6.45) is -0.905. The van der Waals surface area contributed by atoms with Gasteiger partial charge in [-0.3, -0.25) is 9.59 Å². The van der Waals surface area contributed by atoms with E-state index in [1.807, 2.05) is 12.1 Å². The molecule has 0 aliphatic rings. The lowest BCUT2D eigenvalue weighted by molar-refractivity contribution is -0.132. The SMILES string of the molecule is COCCNC(=O)[C@@H](C)OC(=O)c1ccc(-c2ccc(OC(C)=O)cc2)cc1. The molecule has 2 rings (SSSR count). The van der Waals surface area contributed by atoms with Gasteiger partial charge < -0.3 is 19.5 Å². The van der Waals surface area contributed by atoms with Crippen LogP contribution in [0.4, 0.5) is 0 Å². The van der Waals surface area contributed by atoms with Crippen LogP contribution in [-0.2, 0) is 19.1 Å². The molecule has 0 saturated heterocycles. The van der Waals surface area contributed by atoms with Gasteiger partial charge in [-0.2, -0.15) is 0 Å². The van der Waals surface area contributed by atoms with Crippen molar-refractivity contribution in [2.75, 3.05) is 20.3 Å². The van der Waals surface area contributed by atoms with Crippen LogP contribution in [-0.4, -0.2) is 44.2 Å². The average molecular weight is 385 g/mol. The Hall–Kier alpha value is -3.19. The maximum Gasteiger partial charge on any atom is 0.338 e. The van der Waals surface area contributed by atoms with Crippen LogP contribution in [0.25, 0.3) is 11.1 Å². The van der Waals surface area contributed by atoms with E-state index in [-0.39, 0.29) is 11.9 Å². The summed E-state index contributed by atoms with van der Waals surface area (Å²) in [7, 11) is 1.54. The van der Waals surface area contributed by atoms with Crippen LogP contribution in [0.15, 0.2) is 48.5 Å². The molecule has 0 unspecified atom stereocenters. The lowest BCUT2D eigenvalue weighted by Crippen LogP contribution is -2.37. The van der Waals surface area contributed by atoms with Crippen LogP contribution in [0.2, 0.25) is 0 Å². The maximum absolute atomic E-state index is 12.2. The van der Waals surface area contributed by atoms with E-state index >= 15 is 0 Å². The fraction of sp³-hybridized carbons (Fsp3) is 0.286. The van der Waals surface area contributed by atoms with Gasteiger partial charge in [-0.1, -0.05) is 24.3 Å². The Morgan fingerprint density at radius 2 is 1.54 bits per heavy atom. The van der Waals surface area contributed by atoms with Gasteiger partial charge in [0.1, 0.15) is 5.75 Å². The van der Waals surface area contributed by atoms with Crippen molar-refractivity contribution in [1.82, 2.24) is 5.32 Å². The number of ether oxygens (including phenoxy) is 3. The fourth-order valence-electron chi connectivity index (χ4n) is 2.38. The van der Waals surface area contributed by atoms with Gasteiger partial charge in [-0.15, -0.1) is 0 Å². The second kappa shape index (κ2) is 10.2. The van der Waals surface area contributed by atoms with E-state index in [0.29, 0.717) is 24.5 Å². The molecule has 2 aromatic carbocycles. The predicted octanol–water partition coefficient (Wildman–Crippen LogP) is 2.59. The molecule has 1 amide bonds. The molecule has 0 heterocycles. The first-order chi connectivity index (χ1) is 13.4. The van der Waals surface area contributed by atoms with Crippen LogP contribution in [0.1, 0.15) is 24.2 Å². The minimum absolute atomic E-state index is 0.344. The minimum atomic E-state index is -0.905. The molecule has 0 aliphatic heterocycles. The highest BCUT2D eigenvalue weighted by atomic mass is 16.5. The smallest absolute Gasteiger partial charge is 0.338 e. The molecule has 28 heavy (non-hydrogen) atoms. The van der Waals surface area contributed by atoms with Gasteiger partial charge in [0, 0.05) is 20.6 Å². The predicted molar refractivity (Wildman–Crippen MR) is 103 cm³/mol. The number of carbonyl (C=O) groups excluding carboxylic acids is 3. The van der Waals surface area contributed by atoms with Crippen molar-refractivity contribution in [3.8, 4) is 16.9 Å². The van der Waals surface area contributed by atoms with Crippen molar-refractivity contribution >= 4 is 17.8 Å². The molecule has 1 N–H and O–H groups in total. The molecule has 0 aliphatic carbocycles. The second-order valence-electron chi connectivity index (χ2n) is 6.03. The van der Waals surface area contributed by atoms with E-state index < -0.39 is 12.1 Å². The molecule has 7 heteroatoms. The zero-order valence-corrected chi connectivity index (χ0v) is 16.1. The first kappa shape index (κ1) is 21.1. The minimum Gasteiger partial charge on any atom is -0.449 e. The number of benzene rings is 2. The first-order valence-corrected chi connectivity index (χ1v) is 8.77. The van der Waals surface area contributed by atoms with Crippen molar-refractivity contribution in [3.05, 3.63) is 54.1 Å². The van der Waals surface area contributed by atoms with E-state index in [1.165, 1.54) is 21.0 Å². The summed E-state index contributed by atoms with van der Waals surface area (Å²) in [5.41, 5.74) is 2.13. The van der Waals surface area contributed by atoms with Gasteiger partial charge in [-0.05, 0) is 42.3 Å². The number of esters is 2. The van der Waals surface area contributed by atoms with Gasteiger partial charge in [0.25, 0.3) is 5.91 Å². The Balaban J connectivity index is 1.96. The van der Waals surface area contributed by atoms with Crippen LogP contribution in [0, 0.1) is 0 Å². The van der Waals surface area contributed by atoms with Gasteiger partial charge >= 0.3 is 11.9 Å². The van der Waals surface area contributed by atoms with Gasteiger partial charge in [0.05, 0.1) is 12.2 Å². The van der Waals surface area contributed by atoms with Crippen LogP contribution >= 0.6 is 0 Å². The van der Waals surface area contributed by atoms with E-state index in [0.717, 1.165) is 11.1 Å². The molecule has 148 valence electrons. The summed E-state index contributed by atoms with van der Waals surface area (Å²) < 4.78 is 15.0. The highest BCUT2D eigenvalue weighted by Crippen LogP contribution is 2.23. The summed E-state index contributed by atoms with van der Waals surface area (Å²) in [4.78, 5) is 35.0. The molecule has 7 nitrogen and oxygen atoms in total. The van der Waals surface area contributed by atoms with Crippen molar-refractivity contribution < 1.29 is 28.6 Å². The van der Waals surface area contributed by atoms with Crippen molar-refractivity contribution in [2.45, 2.75) is 20.0 Å².